The predicted octanol–water partition coefficient (Wildman–Crippen LogP) is 5.17. The van der Waals surface area contributed by atoms with E-state index in [0.29, 0.717) is 36.5 Å². The van der Waals surface area contributed by atoms with E-state index in [2.05, 4.69) is 24.4 Å². The highest BCUT2D eigenvalue weighted by molar-refractivity contribution is 6.30. The highest BCUT2D eigenvalue weighted by Gasteiger charge is 2.27. The first-order valence-electron chi connectivity index (χ1n) is 10.0. The van der Waals surface area contributed by atoms with Crippen LogP contribution in [0.4, 0.5) is 5.69 Å². The van der Waals surface area contributed by atoms with Gasteiger partial charge in [0.25, 0.3) is 5.91 Å². The van der Waals surface area contributed by atoms with Crippen LogP contribution < -0.4 is 5.32 Å². The number of nitrogens with one attached hydrogen (secondary N) is 1. The van der Waals surface area contributed by atoms with Crippen molar-refractivity contribution in [3.63, 3.8) is 0 Å². The van der Waals surface area contributed by atoms with E-state index in [1.165, 1.54) is 18.4 Å². The van der Waals surface area contributed by atoms with Gasteiger partial charge in [0.1, 0.15) is 0 Å². The van der Waals surface area contributed by atoms with E-state index in [1.54, 1.807) is 24.3 Å². The molecular weight excluding hydrogens is 372 g/mol. The maximum atomic E-state index is 12.6. The first-order valence-corrected chi connectivity index (χ1v) is 10.4. The fourth-order valence-corrected chi connectivity index (χ4v) is 3.63. The van der Waals surface area contributed by atoms with E-state index in [0.717, 1.165) is 12.1 Å². The molecule has 2 amide bonds. The molecular formula is C23H27ClN2O2. The average molecular weight is 399 g/mol. The van der Waals surface area contributed by atoms with Crippen molar-refractivity contribution in [1.82, 2.24) is 4.90 Å². The van der Waals surface area contributed by atoms with Gasteiger partial charge in [-0.25, -0.2) is 0 Å². The molecule has 0 saturated carbocycles. The SMILES string of the molecule is CCCCc1ccc(NC(=O)C2CCN(C(=O)c3ccc(Cl)cc3)CC2)cc1. The number of piperidine rings is 1. The fraction of sp³-hybridized carbons (Fsp3) is 0.391. The second kappa shape index (κ2) is 9.74. The minimum absolute atomic E-state index is 0.00167. The molecule has 1 aliphatic rings. The fourth-order valence-electron chi connectivity index (χ4n) is 3.50. The first kappa shape index (κ1) is 20.4. The number of rotatable bonds is 6. The Morgan fingerprint density at radius 3 is 2.29 bits per heavy atom. The number of carbonyl (C=O) groups is 2. The van der Waals surface area contributed by atoms with Crippen molar-refractivity contribution in [3.05, 3.63) is 64.7 Å². The van der Waals surface area contributed by atoms with Gasteiger partial charge in [-0.1, -0.05) is 37.1 Å². The largest absolute Gasteiger partial charge is 0.339 e. The maximum absolute atomic E-state index is 12.6. The Kier molecular flexibility index (Phi) is 7.10. The smallest absolute Gasteiger partial charge is 0.253 e. The van der Waals surface area contributed by atoms with Crippen LogP contribution in [-0.4, -0.2) is 29.8 Å². The molecule has 1 heterocycles. The summed E-state index contributed by atoms with van der Waals surface area (Å²) < 4.78 is 0. The van der Waals surface area contributed by atoms with Crippen LogP contribution in [0.15, 0.2) is 48.5 Å². The minimum Gasteiger partial charge on any atom is -0.339 e. The van der Waals surface area contributed by atoms with Crippen molar-refractivity contribution >= 4 is 29.1 Å². The molecule has 148 valence electrons. The second-order valence-corrected chi connectivity index (χ2v) is 7.80. The Balaban J connectivity index is 1.49. The number of unbranched alkanes of at least 4 members (excludes halogenated alkanes) is 1. The third-order valence-electron chi connectivity index (χ3n) is 5.28. The molecule has 4 nitrogen and oxygen atoms in total. The minimum atomic E-state index is -0.0611. The number of benzene rings is 2. The zero-order valence-electron chi connectivity index (χ0n) is 16.3. The number of hydrogen-bond acceptors (Lipinski definition) is 2. The Hall–Kier alpha value is -2.33. The van der Waals surface area contributed by atoms with Gasteiger partial charge >= 0.3 is 0 Å². The number of halogens is 1. The van der Waals surface area contributed by atoms with Gasteiger partial charge in [0.15, 0.2) is 0 Å². The van der Waals surface area contributed by atoms with E-state index in [9.17, 15) is 9.59 Å². The molecule has 0 aliphatic carbocycles. The molecule has 2 aromatic carbocycles. The molecule has 28 heavy (non-hydrogen) atoms. The molecule has 5 heteroatoms. The third-order valence-corrected chi connectivity index (χ3v) is 5.54. The summed E-state index contributed by atoms with van der Waals surface area (Å²) in [7, 11) is 0. The topological polar surface area (TPSA) is 49.4 Å². The first-order chi connectivity index (χ1) is 13.6. The van der Waals surface area contributed by atoms with E-state index < -0.39 is 0 Å². The summed E-state index contributed by atoms with van der Waals surface area (Å²) in [5.74, 6) is -0.0212. The van der Waals surface area contributed by atoms with Crippen LogP contribution in [0, 0.1) is 5.92 Å². The highest BCUT2D eigenvalue weighted by atomic mass is 35.5. The Morgan fingerprint density at radius 2 is 1.68 bits per heavy atom. The highest BCUT2D eigenvalue weighted by Crippen LogP contribution is 2.22. The molecule has 0 radical (unpaired) electrons. The molecule has 0 aromatic heterocycles. The van der Waals surface area contributed by atoms with Crippen molar-refractivity contribution in [2.45, 2.75) is 39.0 Å². The molecule has 0 unspecified atom stereocenters. The van der Waals surface area contributed by atoms with Gasteiger partial charge in [-0.3, -0.25) is 9.59 Å². The summed E-state index contributed by atoms with van der Waals surface area (Å²) in [6, 6.07) is 15.0. The third kappa shape index (κ3) is 5.35. The van der Waals surface area contributed by atoms with Crippen molar-refractivity contribution < 1.29 is 9.59 Å². The molecule has 1 fully saturated rings. The summed E-state index contributed by atoms with van der Waals surface area (Å²) in [4.78, 5) is 27.0. The maximum Gasteiger partial charge on any atom is 0.253 e. The number of aryl methyl sites for hydroxylation is 1. The van der Waals surface area contributed by atoms with Gasteiger partial charge in [0, 0.05) is 35.3 Å². The summed E-state index contributed by atoms with van der Waals surface area (Å²) in [5, 5.41) is 3.64. The van der Waals surface area contributed by atoms with Gasteiger partial charge in [-0.2, -0.15) is 0 Å². The quantitative estimate of drug-likeness (QED) is 0.729. The molecule has 0 atom stereocenters. The summed E-state index contributed by atoms with van der Waals surface area (Å²) in [6.45, 7) is 3.37. The van der Waals surface area contributed by atoms with Crippen LogP contribution in [0.25, 0.3) is 0 Å². The van der Waals surface area contributed by atoms with E-state index in [1.807, 2.05) is 17.0 Å². The van der Waals surface area contributed by atoms with Crippen molar-refractivity contribution in [2.75, 3.05) is 18.4 Å². The summed E-state index contributed by atoms with van der Waals surface area (Å²) in [5.41, 5.74) is 2.77. The molecule has 1 N–H and O–H groups in total. The van der Waals surface area contributed by atoms with Crippen LogP contribution in [0.3, 0.4) is 0 Å². The van der Waals surface area contributed by atoms with E-state index in [4.69, 9.17) is 11.6 Å². The van der Waals surface area contributed by atoms with E-state index in [-0.39, 0.29) is 17.7 Å². The number of anilines is 1. The molecule has 1 saturated heterocycles. The van der Waals surface area contributed by atoms with Crippen LogP contribution >= 0.6 is 11.6 Å². The van der Waals surface area contributed by atoms with Gasteiger partial charge < -0.3 is 10.2 Å². The lowest BCUT2D eigenvalue weighted by Crippen LogP contribution is -2.41. The zero-order chi connectivity index (χ0) is 19.9. The predicted molar refractivity (Wildman–Crippen MR) is 114 cm³/mol. The Morgan fingerprint density at radius 1 is 1.04 bits per heavy atom. The lowest BCUT2D eigenvalue weighted by Gasteiger charge is -2.31. The normalized spacial score (nSPS) is 14.7. The number of amides is 2. The Bertz CT molecular complexity index is 794. The molecule has 0 bridgehead atoms. The lowest BCUT2D eigenvalue weighted by molar-refractivity contribution is -0.121. The van der Waals surface area contributed by atoms with Crippen molar-refractivity contribution in [3.8, 4) is 0 Å². The molecule has 0 spiro atoms. The standard InChI is InChI=1S/C23H27ClN2O2/c1-2-3-4-17-5-11-21(12-6-17)25-22(27)18-13-15-26(16-14-18)23(28)19-7-9-20(24)10-8-19/h5-12,18H,2-4,13-16H2,1H3,(H,25,27). The zero-order valence-corrected chi connectivity index (χ0v) is 17.0. The van der Waals surface area contributed by atoms with E-state index >= 15 is 0 Å². The van der Waals surface area contributed by atoms with Crippen molar-refractivity contribution in [2.24, 2.45) is 5.92 Å². The number of nitrogens with zero attached hydrogens (tertiary/aromatic N) is 1. The monoisotopic (exact) mass is 398 g/mol. The average Bonchev–Trinajstić information content (AvgIpc) is 2.73. The van der Waals surface area contributed by atoms with Crippen LogP contribution in [0.2, 0.25) is 5.02 Å². The van der Waals surface area contributed by atoms with Gasteiger partial charge in [-0.05, 0) is 67.6 Å². The van der Waals surface area contributed by atoms with Gasteiger partial charge in [0.05, 0.1) is 0 Å². The lowest BCUT2D eigenvalue weighted by atomic mass is 9.95. The van der Waals surface area contributed by atoms with Crippen LogP contribution in [0.1, 0.15) is 48.5 Å². The van der Waals surface area contributed by atoms with Crippen molar-refractivity contribution in [1.29, 1.82) is 0 Å². The van der Waals surface area contributed by atoms with Gasteiger partial charge in [-0.15, -0.1) is 0 Å². The second-order valence-electron chi connectivity index (χ2n) is 7.36. The summed E-state index contributed by atoms with van der Waals surface area (Å²) in [6.07, 6.45) is 4.79. The number of likely N-dealkylation sites (tertiary alicyclic amines) is 1. The molecule has 1 aliphatic heterocycles. The number of hydrogen-bond donors (Lipinski definition) is 1. The van der Waals surface area contributed by atoms with Crippen LogP contribution in [0.5, 0.6) is 0 Å². The summed E-state index contributed by atoms with van der Waals surface area (Å²) >= 11 is 5.88. The molecule has 3 rings (SSSR count). The van der Waals surface area contributed by atoms with Crippen LogP contribution in [-0.2, 0) is 11.2 Å². The molecule has 2 aromatic rings. The Labute approximate surface area is 171 Å². The number of carbonyl (C=O) groups excluding carboxylic acids is 2. The van der Waals surface area contributed by atoms with Gasteiger partial charge in [0.2, 0.25) is 5.91 Å².